The van der Waals surface area contributed by atoms with Crippen LogP contribution in [0.15, 0.2) is 23.1 Å². The standard InChI is InChI=1S/C13H18N2O3S2/c1-19-13(3-4-13)8-15-12(16)9-5-10(14)7-11(6-9)20(2,17)18/h5-7H,3-4,8,14H2,1-2H3,(H,15,16). The van der Waals surface area contributed by atoms with Crippen LogP contribution in [0.25, 0.3) is 0 Å². The molecule has 0 saturated heterocycles. The Labute approximate surface area is 123 Å². The molecule has 0 aromatic heterocycles. The normalized spacial score (nSPS) is 16.7. The molecule has 1 amide bonds. The lowest BCUT2D eigenvalue weighted by Crippen LogP contribution is -2.31. The Morgan fingerprint density at radius 1 is 1.40 bits per heavy atom. The zero-order valence-corrected chi connectivity index (χ0v) is 13.1. The first-order valence-corrected chi connectivity index (χ1v) is 9.31. The number of carbonyl (C=O) groups excluding carboxylic acids is 1. The van der Waals surface area contributed by atoms with E-state index in [1.54, 1.807) is 11.8 Å². The lowest BCUT2D eigenvalue weighted by atomic mass is 10.2. The highest BCUT2D eigenvalue weighted by molar-refractivity contribution is 8.00. The summed E-state index contributed by atoms with van der Waals surface area (Å²) in [6.45, 7) is 0.593. The maximum Gasteiger partial charge on any atom is 0.251 e. The zero-order valence-electron chi connectivity index (χ0n) is 11.5. The van der Waals surface area contributed by atoms with E-state index in [0.717, 1.165) is 19.1 Å². The Balaban J connectivity index is 2.16. The number of carbonyl (C=O) groups is 1. The quantitative estimate of drug-likeness (QED) is 0.800. The molecule has 0 spiro atoms. The van der Waals surface area contributed by atoms with Gasteiger partial charge in [-0.1, -0.05) is 0 Å². The van der Waals surface area contributed by atoms with Crippen LogP contribution in [0.2, 0.25) is 0 Å². The Morgan fingerprint density at radius 3 is 2.55 bits per heavy atom. The molecule has 1 aliphatic carbocycles. The molecule has 1 fully saturated rings. The molecule has 110 valence electrons. The molecular formula is C13H18N2O3S2. The molecular weight excluding hydrogens is 296 g/mol. The predicted octanol–water partition coefficient (Wildman–Crippen LogP) is 1.30. The highest BCUT2D eigenvalue weighted by atomic mass is 32.2. The maximum atomic E-state index is 12.1. The van der Waals surface area contributed by atoms with Crippen molar-refractivity contribution in [1.82, 2.24) is 5.32 Å². The van der Waals surface area contributed by atoms with Crippen molar-refractivity contribution in [1.29, 1.82) is 0 Å². The molecule has 0 aliphatic heterocycles. The van der Waals surface area contributed by atoms with Crippen LogP contribution in [0.3, 0.4) is 0 Å². The molecule has 1 aromatic rings. The van der Waals surface area contributed by atoms with Gasteiger partial charge in [-0.05, 0) is 37.3 Å². The van der Waals surface area contributed by atoms with E-state index in [0.29, 0.717) is 6.54 Å². The van der Waals surface area contributed by atoms with Crippen LogP contribution in [-0.4, -0.2) is 38.1 Å². The maximum absolute atomic E-state index is 12.1. The molecule has 1 aliphatic rings. The highest BCUT2D eigenvalue weighted by Gasteiger charge is 2.41. The number of thioether (sulfide) groups is 1. The molecule has 0 radical (unpaired) electrons. The van der Waals surface area contributed by atoms with Crippen LogP contribution < -0.4 is 11.1 Å². The zero-order chi connectivity index (χ0) is 15.0. The highest BCUT2D eigenvalue weighted by Crippen LogP contribution is 2.46. The number of sulfone groups is 1. The number of amides is 1. The number of nitrogens with one attached hydrogen (secondary N) is 1. The van der Waals surface area contributed by atoms with E-state index < -0.39 is 9.84 Å². The number of nitrogens with two attached hydrogens (primary N) is 1. The lowest BCUT2D eigenvalue weighted by molar-refractivity contribution is 0.0953. The van der Waals surface area contributed by atoms with E-state index >= 15 is 0 Å². The first-order chi connectivity index (χ1) is 9.26. The fourth-order valence-corrected chi connectivity index (χ4v) is 3.32. The molecule has 0 atom stereocenters. The number of nitrogen functional groups attached to an aromatic ring is 1. The van der Waals surface area contributed by atoms with Crippen molar-refractivity contribution in [2.45, 2.75) is 22.5 Å². The van der Waals surface area contributed by atoms with Gasteiger partial charge in [0, 0.05) is 28.8 Å². The van der Waals surface area contributed by atoms with Crippen LogP contribution >= 0.6 is 11.8 Å². The van der Waals surface area contributed by atoms with Gasteiger partial charge >= 0.3 is 0 Å². The number of hydrogen-bond donors (Lipinski definition) is 2. The molecule has 0 bridgehead atoms. The van der Waals surface area contributed by atoms with Crippen LogP contribution in [0.1, 0.15) is 23.2 Å². The minimum absolute atomic E-state index is 0.0636. The van der Waals surface area contributed by atoms with Gasteiger partial charge in [-0.25, -0.2) is 8.42 Å². The third-order valence-corrected chi connectivity index (χ3v) is 5.94. The molecule has 0 unspecified atom stereocenters. The van der Waals surface area contributed by atoms with E-state index in [4.69, 9.17) is 5.73 Å². The van der Waals surface area contributed by atoms with Crippen LogP contribution in [0, 0.1) is 0 Å². The van der Waals surface area contributed by atoms with E-state index in [2.05, 4.69) is 5.32 Å². The van der Waals surface area contributed by atoms with Gasteiger partial charge in [0.2, 0.25) is 0 Å². The molecule has 1 saturated carbocycles. The van der Waals surface area contributed by atoms with Crippen LogP contribution in [0.5, 0.6) is 0 Å². The van der Waals surface area contributed by atoms with E-state index in [1.165, 1.54) is 18.2 Å². The number of hydrogen-bond acceptors (Lipinski definition) is 5. The Kier molecular flexibility index (Phi) is 4.02. The molecule has 5 nitrogen and oxygen atoms in total. The van der Waals surface area contributed by atoms with Crippen molar-refractivity contribution < 1.29 is 13.2 Å². The average Bonchev–Trinajstić information content (AvgIpc) is 3.15. The van der Waals surface area contributed by atoms with Gasteiger partial charge in [0.15, 0.2) is 9.84 Å². The van der Waals surface area contributed by atoms with E-state index in [-0.39, 0.29) is 26.8 Å². The summed E-state index contributed by atoms with van der Waals surface area (Å²) in [6.07, 6.45) is 5.32. The third-order valence-electron chi connectivity index (χ3n) is 3.43. The Bertz CT molecular complexity index is 637. The van der Waals surface area contributed by atoms with Gasteiger partial charge in [-0.3, -0.25) is 4.79 Å². The summed E-state index contributed by atoms with van der Waals surface area (Å²) in [5.74, 6) is -0.289. The number of anilines is 1. The van der Waals surface area contributed by atoms with E-state index in [1.807, 2.05) is 6.26 Å². The average molecular weight is 314 g/mol. The molecule has 2 rings (SSSR count). The van der Waals surface area contributed by atoms with Crippen molar-refractivity contribution in [3.63, 3.8) is 0 Å². The second-order valence-electron chi connectivity index (χ2n) is 5.13. The monoisotopic (exact) mass is 314 g/mol. The molecule has 20 heavy (non-hydrogen) atoms. The fourth-order valence-electron chi connectivity index (χ4n) is 1.90. The van der Waals surface area contributed by atoms with Gasteiger partial charge < -0.3 is 11.1 Å². The molecule has 7 heteroatoms. The lowest BCUT2D eigenvalue weighted by Gasteiger charge is -2.13. The van der Waals surface area contributed by atoms with Crippen molar-refractivity contribution in [3.05, 3.63) is 23.8 Å². The second kappa shape index (κ2) is 5.29. The summed E-state index contributed by atoms with van der Waals surface area (Å²) < 4.78 is 23.2. The second-order valence-corrected chi connectivity index (χ2v) is 8.42. The summed E-state index contributed by atoms with van der Waals surface area (Å²) in [5, 5.41) is 2.85. The number of benzene rings is 1. The first kappa shape index (κ1) is 15.2. The van der Waals surface area contributed by atoms with Crippen LogP contribution in [-0.2, 0) is 9.84 Å². The Morgan fingerprint density at radius 2 is 2.05 bits per heavy atom. The van der Waals surface area contributed by atoms with Gasteiger partial charge in [-0.2, -0.15) is 11.8 Å². The smallest absolute Gasteiger partial charge is 0.251 e. The summed E-state index contributed by atoms with van der Waals surface area (Å²) in [4.78, 5) is 12.2. The van der Waals surface area contributed by atoms with Gasteiger partial charge in [0.25, 0.3) is 5.91 Å². The topological polar surface area (TPSA) is 89.3 Å². The summed E-state index contributed by atoms with van der Waals surface area (Å²) in [6, 6.07) is 4.21. The minimum atomic E-state index is -3.38. The van der Waals surface area contributed by atoms with Crippen LogP contribution in [0.4, 0.5) is 5.69 Å². The fraction of sp³-hybridized carbons (Fsp3) is 0.462. The molecule has 0 heterocycles. The third kappa shape index (κ3) is 3.46. The van der Waals surface area contributed by atoms with Crippen molar-refractivity contribution in [2.24, 2.45) is 0 Å². The first-order valence-electron chi connectivity index (χ1n) is 6.20. The minimum Gasteiger partial charge on any atom is -0.399 e. The summed E-state index contributed by atoms with van der Waals surface area (Å²) in [7, 11) is -3.38. The summed E-state index contributed by atoms with van der Waals surface area (Å²) in [5.41, 5.74) is 6.21. The summed E-state index contributed by atoms with van der Waals surface area (Å²) >= 11 is 1.75. The molecule has 1 aromatic carbocycles. The van der Waals surface area contributed by atoms with Gasteiger partial charge in [0.05, 0.1) is 4.90 Å². The van der Waals surface area contributed by atoms with Gasteiger partial charge in [-0.15, -0.1) is 0 Å². The van der Waals surface area contributed by atoms with Crippen molar-refractivity contribution in [2.75, 3.05) is 24.8 Å². The van der Waals surface area contributed by atoms with Crippen molar-refractivity contribution >= 4 is 33.2 Å². The number of rotatable bonds is 5. The largest absolute Gasteiger partial charge is 0.399 e. The van der Waals surface area contributed by atoms with E-state index in [9.17, 15) is 13.2 Å². The Hall–Kier alpha value is -1.21. The predicted molar refractivity (Wildman–Crippen MR) is 81.8 cm³/mol. The van der Waals surface area contributed by atoms with Gasteiger partial charge in [0.1, 0.15) is 0 Å². The van der Waals surface area contributed by atoms with Crippen molar-refractivity contribution in [3.8, 4) is 0 Å². The molecule has 3 N–H and O–H groups in total. The SMILES string of the molecule is CSC1(CNC(=O)c2cc(N)cc(S(C)(=O)=O)c2)CC1.